The maximum absolute atomic E-state index is 13.3. The topological polar surface area (TPSA) is 48.1 Å². The number of alkyl halides is 2. The lowest BCUT2D eigenvalue weighted by Gasteiger charge is -2.30. The summed E-state index contributed by atoms with van der Waals surface area (Å²) in [4.78, 5) is 4.38. The minimum absolute atomic E-state index is 0.0329. The number of nitrogens with two attached hydrogens (primary N) is 1. The van der Waals surface area contributed by atoms with Crippen molar-refractivity contribution in [3.8, 4) is 0 Å². The van der Waals surface area contributed by atoms with E-state index in [9.17, 15) is 8.78 Å². The van der Waals surface area contributed by atoms with Crippen molar-refractivity contribution in [3.05, 3.63) is 23.5 Å². The quantitative estimate of drug-likeness (QED) is 0.889. The molecule has 2 fully saturated rings. The van der Waals surface area contributed by atoms with Crippen LogP contribution < -0.4 is 5.73 Å². The maximum Gasteiger partial charge on any atom is 0.248 e. The summed E-state index contributed by atoms with van der Waals surface area (Å²) in [5.41, 5.74) is 8.71. The highest BCUT2D eigenvalue weighted by atomic mass is 19.3. The molecule has 21 heavy (non-hydrogen) atoms. The second-order valence-corrected chi connectivity index (χ2v) is 6.18. The summed E-state index contributed by atoms with van der Waals surface area (Å²) < 4.78 is 32.4. The number of pyridine rings is 1. The molecular formula is C16H22F2N2O. The largest absolute Gasteiger partial charge is 0.397 e. The molecule has 3 nitrogen and oxygen atoms in total. The van der Waals surface area contributed by atoms with Gasteiger partial charge in [0.1, 0.15) is 0 Å². The normalized spacial score (nSPS) is 26.7. The summed E-state index contributed by atoms with van der Waals surface area (Å²) in [7, 11) is 0. The van der Waals surface area contributed by atoms with Gasteiger partial charge in [0.05, 0.1) is 17.5 Å². The zero-order valence-electron chi connectivity index (χ0n) is 12.2. The Bertz CT molecular complexity index is 491. The van der Waals surface area contributed by atoms with Crippen LogP contribution in [-0.4, -0.2) is 17.5 Å². The van der Waals surface area contributed by atoms with E-state index in [-0.39, 0.29) is 24.9 Å². The Morgan fingerprint density at radius 3 is 2.62 bits per heavy atom. The number of nitrogen functional groups attached to an aromatic ring is 1. The van der Waals surface area contributed by atoms with Crippen LogP contribution in [0.3, 0.4) is 0 Å². The summed E-state index contributed by atoms with van der Waals surface area (Å²) >= 11 is 0. The van der Waals surface area contributed by atoms with Gasteiger partial charge < -0.3 is 10.5 Å². The molecule has 1 saturated heterocycles. The molecule has 116 valence electrons. The van der Waals surface area contributed by atoms with Crippen LogP contribution in [0.4, 0.5) is 14.5 Å². The summed E-state index contributed by atoms with van der Waals surface area (Å²) in [6.45, 7) is 0.761. The molecule has 0 bridgehead atoms. The number of hydrogen-bond donors (Lipinski definition) is 1. The van der Waals surface area contributed by atoms with Crippen molar-refractivity contribution in [2.75, 3.05) is 12.3 Å². The molecule has 3 rings (SSSR count). The van der Waals surface area contributed by atoms with Crippen LogP contribution in [0.1, 0.15) is 68.2 Å². The first-order chi connectivity index (χ1) is 10.1. The van der Waals surface area contributed by atoms with Crippen molar-refractivity contribution in [2.24, 2.45) is 0 Å². The maximum atomic E-state index is 13.3. The summed E-state index contributed by atoms with van der Waals surface area (Å²) in [6, 6.07) is 1.91. The smallest absolute Gasteiger partial charge is 0.248 e. The van der Waals surface area contributed by atoms with Crippen LogP contribution in [0.25, 0.3) is 0 Å². The Morgan fingerprint density at radius 1 is 1.19 bits per heavy atom. The lowest BCUT2D eigenvalue weighted by atomic mass is 9.83. The average Bonchev–Trinajstić information content (AvgIpc) is 2.49. The van der Waals surface area contributed by atoms with Gasteiger partial charge in [0.2, 0.25) is 5.92 Å². The molecule has 1 unspecified atom stereocenters. The third-order valence-corrected chi connectivity index (χ3v) is 4.69. The molecule has 0 amide bonds. The van der Waals surface area contributed by atoms with Gasteiger partial charge in [0, 0.05) is 37.1 Å². The number of anilines is 1. The first-order valence-electron chi connectivity index (χ1n) is 7.80. The predicted molar refractivity (Wildman–Crippen MR) is 77.3 cm³/mol. The number of rotatable bonds is 2. The van der Waals surface area contributed by atoms with E-state index in [4.69, 9.17) is 10.5 Å². The summed E-state index contributed by atoms with van der Waals surface area (Å²) in [5.74, 6) is -2.47. The molecule has 5 heteroatoms. The highest BCUT2D eigenvalue weighted by molar-refractivity contribution is 5.53. The lowest BCUT2D eigenvalue weighted by molar-refractivity contribution is -0.0384. The number of ether oxygens (including phenoxy) is 1. The van der Waals surface area contributed by atoms with Crippen LogP contribution >= 0.6 is 0 Å². The molecule has 2 aliphatic rings. The van der Waals surface area contributed by atoms with E-state index in [0.717, 1.165) is 37.1 Å². The van der Waals surface area contributed by atoms with Gasteiger partial charge in [-0.2, -0.15) is 0 Å². The zero-order valence-corrected chi connectivity index (χ0v) is 12.2. The van der Waals surface area contributed by atoms with E-state index >= 15 is 0 Å². The minimum Gasteiger partial charge on any atom is -0.397 e. The molecule has 1 aromatic rings. The van der Waals surface area contributed by atoms with Crippen LogP contribution in [0.2, 0.25) is 0 Å². The molecule has 0 spiro atoms. The van der Waals surface area contributed by atoms with Crippen molar-refractivity contribution >= 4 is 5.69 Å². The van der Waals surface area contributed by atoms with Crippen LogP contribution in [0.5, 0.6) is 0 Å². The fraction of sp³-hybridized carbons (Fsp3) is 0.688. The molecule has 1 saturated carbocycles. The third-order valence-electron chi connectivity index (χ3n) is 4.69. The van der Waals surface area contributed by atoms with Crippen LogP contribution in [-0.2, 0) is 4.74 Å². The Morgan fingerprint density at radius 2 is 1.95 bits per heavy atom. The highest BCUT2D eigenvalue weighted by Crippen LogP contribution is 2.43. The SMILES string of the molecule is Nc1c(C2CCCCO2)ccnc1C1CCC(F)(F)CC1. The van der Waals surface area contributed by atoms with Gasteiger partial charge in [-0.15, -0.1) is 0 Å². The number of halogens is 2. The highest BCUT2D eigenvalue weighted by Gasteiger charge is 2.36. The van der Waals surface area contributed by atoms with E-state index in [1.54, 1.807) is 6.20 Å². The first-order valence-corrected chi connectivity index (χ1v) is 7.80. The van der Waals surface area contributed by atoms with Gasteiger partial charge in [-0.05, 0) is 38.2 Å². The van der Waals surface area contributed by atoms with Gasteiger partial charge >= 0.3 is 0 Å². The monoisotopic (exact) mass is 296 g/mol. The molecule has 2 N–H and O–H groups in total. The average molecular weight is 296 g/mol. The van der Waals surface area contributed by atoms with E-state index in [2.05, 4.69) is 4.98 Å². The molecule has 1 atom stereocenters. The number of nitrogens with zero attached hydrogens (tertiary/aromatic N) is 1. The molecule has 1 aromatic heterocycles. The Labute approximate surface area is 123 Å². The predicted octanol–water partition coefficient (Wildman–Crippen LogP) is 4.20. The molecule has 0 radical (unpaired) electrons. The third kappa shape index (κ3) is 3.18. The van der Waals surface area contributed by atoms with Crippen LogP contribution in [0, 0.1) is 0 Å². The second-order valence-electron chi connectivity index (χ2n) is 6.18. The summed E-state index contributed by atoms with van der Waals surface area (Å²) in [5, 5.41) is 0. The standard InChI is InChI=1S/C16H22F2N2O/c17-16(18)7-4-11(5-8-16)15-14(19)12(6-9-20-15)13-3-1-2-10-21-13/h6,9,11,13H,1-5,7-8,10,19H2. The number of aromatic nitrogens is 1. The lowest BCUT2D eigenvalue weighted by Crippen LogP contribution is -2.25. The van der Waals surface area contributed by atoms with E-state index in [0.29, 0.717) is 18.5 Å². The van der Waals surface area contributed by atoms with Gasteiger partial charge in [0.15, 0.2) is 0 Å². The molecule has 0 aromatic carbocycles. The minimum atomic E-state index is -2.52. The first kappa shape index (κ1) is 14.7. The Hall–Kier alpha value is -1.23. The van der Waals surface area contributed by atoms with Crippen molar-refractivity contribution in [2.45, 2.75) is 62.9 Å². The fourth-order valence-corrected chi connectivity index (χ4v) is 3.41. The van der Waals surface area contributed by atoms with Gasteiger partial charge in [-0.1, -0.05) is 0 Å². The molecular weight excluding hydrogens is 274 g/mol. The van der Waals surface area contributed by atoms with Crippen molar-refractivity contribution in [1.82, 2.24) is 4.98 Å². The van der Waals surface area contributed by atoms with Crippen molar-refractivity contribution in [1.29, 1.82) is 0 Å². The van der Waals surface area contributed by atoms with Gasteiger partial charge in [-0.25, -0.2) is 8.78 Å². The Balaban J connectivity index is 1.80. The zero-order chi connectivity index (χ0) is 14.9. The molecule has 1 aliphatic heterocycles. The van der Waals surface area contributed by atoms with Gasteiger partial charge in [0.25, 0.3) is 0 Å². The van der Waals surface area contributed by atoms with Gasteiger partial charge in [-0.3, -0.25) is 4.98 Å². The summed E-state index contributed by atoms with van der Waals surface area (Å²) in [6.07, 6.45) is 5.75. The van der Waals surface area contributed by atoms with E-state index in [1.165, 1.54) is 0 Å². The molecule has 2 heterocycles. The Kier molecular flexibility index (Phi) is 4.11. The van der Waals surface area contributed by atoms with E-state index < -0.39 is 5.92 Å². The van der Waals surface area contributed by atoms with Crippen molar-refractivity contribution in [3.63, 3.8) is 0 Å². The number of hydrogen-bond acceptors (Lipinski definition) is 3. The second kappa shape index (κ2) is 5.87. The molecule has 1 aliphatic carbocycles. The van der Waals surface area contributed by atoms with Crippen LogP contribution in [0.15, 0.2) is 12.3 Å². The van der Waals surface area contributed by atoms with E-state index in [1.807, 2.05) is 6.07 Å². The fourth-order valence-electron chi connectivity index (χ4n) is 3.41. The van der Waals surface area contributed by atoms with Crippen molar-refractivity contribution < 1.29 is 13.5 Å².